The molecule has 3 rings (SSSR count). The molecular weight excluding hydrogens is 366 g/mol. The number of amides is 1. The number of para-hydroxylation sites is 2. The van der Waals surface area contributed by atoms with Gasteiger partial charge in [0, 0.05) is 38.8 Å². The Morgan fingerprint density at radius 3 is 2.52 bits per heavy atom. The van der Waals surface area contributed by atoms with Crippen molar-refractivity contribution in [2.45, 2.75) is 25.8 Å². The molecule has 0 unspecified atom stereocenters. The number of aromatic hydroxyl groups is 1. The number of sulfone groups is 1. The maximum Gasteiger partial charge on any atom is 0.237 e. The van der Waals surface area contributed by atoms with Crippen LogP contribution in [0.1, 0.15) is 19.8 Å². The average molecular weight is 396 g/mol. The lowest BCUT2D eigenvalue weighted by Crippen LogP contribution is -2.52. The number of rotatable bonds is 6. The molecule has 1 aromatic carbocycles. The van der Waals surface area contributed by atoms with Crippen molar-refractivity contribution in [1.29, 1.82) is 0 Å². The number of nitrogens with zero attached hydrogens (tertiary/aromatic N) is 3. The van der Waals surface area contributed by atoms with Crippen molar-refractivity contribution in [3.05, 3.63) is 24.3 Å². The fraction of sp³-hybridized carbons (Fsp3) is 0.632. The normalized spacial score (nSPS) is 22.7. The van der Waals surface area contributed by atoms with E-state index in [1.165, 1.54) is 0 Å². The molecule has 1 N–H and O–H groups in total. The molecule has 8 heteroatoms. The molecular formula is C19H29N3O4S. The zero-order valence-electron chi connectivity index (χ0n) is 15.9. The van der Waals surface area contributed by atoms with Crippen LogP contribution in [-0.4, -0.2) is 86.0 Å². The van der Waals surface area contributed by atoms with Crippen LogP contribution in [0.3, 0.4) is 0 Å². The highest BCUT2D eigenvalue weighted by Crippen LogP contribution is 2.27. The van der Waals surface area contributed by atoms with E-state index in [1.54, 1.807) is 17.0 Å². The molecule has 150 valence electrons. The number of carbonyl (C=O) groups is 1. The Morgan fingerprint density at radius 1 is 1.22 bits per heavy atom. The van der Waals surface area contributed by atoms with Crippen LogP contribution in [0.5, 0.6) is 5.75 Å². The monoisotopic (exact) mass is 395 g/mol. The van der Waals surface area contributed by atoms with Gasteiger partial charge in [-0.2, -0.15) is 0 Å². The summed E-state index contributed by atoms with van der Waals surface area (Å²) < 4.78 is 23.6. The fourth-order valence-corrected chi connectivity index (χ4v) is 5.66. The molecule has 2 aliphatic rings. The summed E-state index contributed by atoms with van der Waals surface area (Å²) in [6.45, 7) is 5.91. The minimum Gasteiger partial charge on any atom is -0.506 e. The summed E-state index contributed by atoms with van der Waals surface area (Å²) in [5.74, 6) is 0.582. The van der Waals surface area contributed by atoms with Gasteiger partial charge in [-0.05, 0) is 25.0 Å². The van der Waals surface area contributed by atoms with Crippen LogP contribution in [0.2, 0.25) is 0 Å². The number of carbonyl (C=O) groups excluding carboxylic acids is 1. The first-order valence-corrected chi connectivity index (χ1v) is 11.5. The van der Waals surface area contributed by atoms with E-state index in [-0.39, 0.29) is 29.2 Å². The van der Waals surface area contributed by atoms with Gasteiger partial charge in [0.15, 0.2) is 9.84 Å². The number of hydrogen-bond acceptors (Lipinski definition) is 6. The third kappa shape index (κ3) is 4.93. The van der Waals surface area contributed by atoms with E-state index in [2.05, 4.69) is 9.80 Å². The van der Waals surface area contributed by atoms with E-state index < -0.39 is 9.84 Å². The molecule has 2 fully saturated rings. The molecule has 0 radical (unpaired) electrons. The Bertz CT molecular complexity index is 760. The zero-order chi connectivity index (χ0) is 19.4. The van der Waals surface area contributed by atoms with E-state index in [0.717, 1.165) is 38.3 Å². The van der Waals surface area contributed by atoms with Gasteiger partial charge in [0.2, 0.25) is 5.91 Å². The average Bonchev–Trinajstić information content (AvgIpc) is 3.00. The van der Waals surface area contributed by atoms with Crippen LogP contribution in [0, 0.1) is 0 Å². The van der Waals surface area contributed by atoms with Crippen molar-refractivity contribution in [3.63, 3.8) is 0 Å². The van der Waals surface area contributed by atoms with Gasteiger partial charge in [0.25, 0.3) is 0 Å². The predicted octanol–water partition coefficient (Wildman–Crippen LogP) is 0.940. The third-order valence-corrected chi connectivity index (χ3v) is 7.14. The van der Waals surface area contributed by atoms with Gasteiger partial charge in [-0.15, -0.1) is 0 Å². The van der Waals surface area contributed by atoms with Crippen molar-refractivity contribution in [2.75, 3.05) is 55.7 Å². The van der Waals surface area contributed by atoms with E-state index in [4.69, 9.17) is 0 Å². The van der Waals surface area contributed by atoms with E-state index in [9.17, 15) is 18.3 Å². The first kappa shape index (κ1) is 19.9. The third-order valence-electron chi connectivity index (χ3n) is 5.39. The molecule has 2 aliphatic heterocycles. The highest BCUT2D eigenvalue weighted by molar-refractivity contribution is 7.91. The highest BCUT2D eigenvalue weighted by Gasteiger charge is 2.34. The maximum absolute atomic E-state index is 12.8. The second-order valence-electron chi connectivity index (χ2n) is 7.40. The summed E-state index contributed by atoms with van der Waals surface area (Å²) in [7, 11) is -3.01. The molecule has 0 bridgehead atoms. The van der Waals surface area contributed by atoms with E-state index in [0.29, 0.717) is 19.5 Å². The highest BCUT2D eigenvalue weighted by atomic mass is 32.2. The van der Waals surface area contributed by atoms with Gasteiger partial charge < -0.3 is 14.9 Å². The molecule has 1 atom stereocenters. The Balaban J connectivity index is 1.55. The van der Waals surface area contributed by atoms with Gasteiger partial charge in [-0.3, -0.25) is 9.69 Å². The predicted molar refractivity (Wildman–Crippen MR) is 106 cm³/mol. The Labute approximate surface area is 161 Å². The van der Waals surface area contributed by atoms with E-state index >= 15 is 0 Å². The standard InChI is InChI=1S/C19H29N3O4S/c1-2-8-22(16-7-13-27(25,26)15-16)19(24)14-20-9-11-21(12-10-20)17-5-3-4-6-18(17)23/h3-6,16,23H,2,7-15H2,1H3/t16-/m0/s1. The van der Waals surface area contributed by atoms with Crippen LogP contribution in [0.4, 0.5) is 5.69 Å². The molecule has 0 spiro atoms. The van der Waals surface area contributed by atoms with Crippen LogP contribution in [0.15, 0.2) is 24.3 Å². The van der Waals surface area contributed by atoms with Crippen molar-refractivity contribution >= 4 is 21.4 Å². The first-order chi connectivity index (χ1) is 12.9. The SMILES string of the molecule is CCCN(C(=O)CN1CCN(c2ccccc2O)CC1)[C@H]1CCS(=O)(=O)C1. The topological polar surface area (TPSA) is 81.2 Å². The van der Waals surface area contributed by atoms with Crippen LogP contribution in [0.25, 0.3) is 0 Å². The molecule has 27 heavy (non-hydrogen) atoms. The second-order valence-corrected chi connectivity index (χ2v) is 9.62. The van der Waals surface area contributed by atoms with Crippen molar-refractivity contribution < 1.29 is 18.3 Å². The quantitative estimate of drug-likeness (QED) is 0.772. The maximum atomic E-state index is 12.8. The lowest BCUT2D eigenvalue weighted by Gasteiger charge is -2.37. The molecule has 7 nitrogen and oxygen atoms in total. The van der Waals surface area contributed by atoms with Crippen molar-refractivity contribution in [3.8, 4) is 5.75 Å². The number of hydrogen-bond donors (Lipinski definition) is 1. The summed E-state index contributed by atoms with van der Waals surface area (Å²) in [5, 5.41) is 10.0. The van der Waals surface area contributed by atoms with Gasteiger partial charge >= 0.3 is 0 Å². The number of piperazine rings is 1. The number of phenols is 1. The minimum atomic E-state index is -3.01. The van der Waals surface area contributed by atoms with Gasteiger partial charge in [0.05, 0.1) is 23.7 Å². The summed E-state index contributed by atoms with van der Waals surface area (Å²) >= 11 is 0. The summed E-state index contributed by atoms with van der Waals surface area (Å²) in [4.78, 5) is 18.9. The fourth-order valence-electron chi connectivity index (χ4n) is 3.93. The molecule has 2 heterocycles. The molecule has 1 aromatic rings. The van der Waals surface area contributed by atoms with Crippen molar-refractivity contribution in [2.24, 2.45) is 0 Å². The minimum absolute atomic E-state index is 0.0231. The largest absolute Gasteiger partial charge is 0.506 e. The Kier molecular flexibility index (Phi) is 6.26. The van der Waals surface area contributed by atoms with Gasteiger partial charge in [0.1, 0.15) is 5.75 Å². The summed E-state index contributed by atoms with van der Waals surface area (Å²) in [5.41, 5.74) is 0.826. The zero-order valence-corrected chi connectivity index (χ0v) is 16.7. The lowest BCUT2D eigenvalue weighted by molar-refractivity contribution is -0.134. The van der Waals surface area contributed by atoms with Crippen LogP contribution >= 0.6 is 0 Å². The van der Waals surface area contributed by atoms with Gasteiger partial charge in [-0.25, -0.2) is 8.42 Å². The number of anilines is 1. The number of benzene rings is 1. The Morgan fingerprint density at radius 2 is 1.93 bits per heavy atom. The summed E-state index contributed by atoms with van der Waals surface area (Å²) in [6, 6.07) is 7.12. The Hall–Kier alpha value is -1.80. The molecule has 0 aliphatic carbocycles. The number of phenolic OH excluding ortho intramolecular Hbond substituents is 1. The second kappa shape index (κ2) is 8.48. The smallest absolute Gasteiger partial charge is 0.237 e. The van der Waals surface area contributed by atoms with E-state index in [1.807, 2.05) is 19.1 Å². The molecule has 1 amide bonds. The summed E-state index contributed by atoms with van der Waals surface area (Å²) in [6.07, 6.45) is 1.37. The van der Waals surface area contributed by atoms with Crippen LogP contribution < -0.4 is 4.90 Å². The van der Waals surface area contributed by atoms with Gasteiger partial charge in [-0.1, -0.05) is 19.1 Å². The molecule has 0 saturated carbocycles. The first-order valence-electron chi connectivity index (χ1n) is 9.65. The molecule has 0 aromatic heterocycles. The van der Waals surface area contributed by atoms with Crippen molar-refractivity contribution in [1.82, 2.24) is 9.80 Å². The van der Waals surface area contributed by atoms with Crippen LogP contribution in [-0.2, 0) is 14.6 Å². The lowest BCUT2D eigenvalue weighted by atomic mass is 10.2. The molecule has 2 saturated heterocycles.